The highest BCUT2D eigenvalue weighted by atomic mass is 15.0. The van der Waals surface area contributed by atoms with Gasteiger partial charge < -0.3 is 4.57 Å². The van der Waals surface area contributed by atoms with E-state index in [1.807, 2.05) is 12.2 Å². The van der Waals surface area contributed by atoms with Gasteiger partial charge in [-0.1, -0.05) is 67.3 Å². The summed E-state index contributed by atoms with van der Waals surface area (Å²) >= 11 is 0. The summed E-state index contributed by atoms with van der Waals surface area (Å²) in [5.74, 6) is 0. The van der Waals surface area contributed by atoms with Gasteiger partial charge in [0.1, 0.15) is 0 Å². The van der Waals surface area contributed by atoms with E-state index in [0.29, 0.717) is 0 Å². The summed E-state index contributed by atoms with van der Waals surface area (Å²) in [4.78, 5) is 0. The molecule has 0 aliphatic rings. The van der Waals surface area contributed by atoms with Gasteiger partial charge in [-0.2, -0.15) is 0 Å². The van der Waals surface area contributed by atoms with Crippen LogP contribution in [0.1, 0.15) is 22.4 Å². The minimum Gasteiger partial charge on any atom is -0.336 e. The molecule has 0 saturated heterocycles. The average Bonchev–Trinajstić information content (AvgIpc) is 2.82. The maximum atomic E-state index is 3.98. The minimum atomic E-state index is 0.843. The molecule has 0 atom stereocenters. The van der Waals surface area contributed by atoms with Crippen molar-refractivity contribution in [3.63, 3.8) is 0 Å². The second-order valence-corrected chi connectivity index (χ2v) is 5.30. The SMILES string of the molecule is C=Cc1c(C=C)n(Cc2ccc(C)cc2)c2ccccc12. The molecule has 21 heavy (non-hydrogen) atoms. The lowest BCUT2D eigenvalue weighted by atomic mass is 10.1. The Labute approximate surface area is 125 Å². The van der Waals surface area contributed by atoms with Crippen molar-refractivity contribution in [2.75, 3.05) is 0 Å². The van der Waals surface area contributed by atoms with Gasteiger partial charge in [-0.05, 0) is 24.6 Å². The van der Waals surface area contributed by atoms with Crippen LogP contribution in [0.15, 0.2) is 61.7 Å². The lowest BCUT2D eigenvalue weighted by Crippen LogP contribution is -2.01. The molecule has 0 amide bonds. The van der Waals surface area contributed by atoms with Crippen molar-refractivity contribution < 1.29 is 0 Å². The number of benzene rings is 2. The normalized spacial score (nSPS) is 10.7. The van der Waals surface area contributed by atoms with Crippen molar-refractivity contribution in [3.05, 3.63) is 84.1 Å². The Hall–Kier alpha value is -2.54. The summed E-state index contributed by atoms with van der Waals surface area (Å²) in [6, 6.07) is 17.1. The highest BCUT2D eigenvalue weighted by molar-refractivity contribution is 5.93. The molecule has 0 unspecified atom stereocenters. The topological polar surface area (TPSA) is 4.93 Å². The highest BCUT2D eigenvalue weighted by Gasteiger charge is 2.12. The van der Waals surface area contributed by atoms with Gasteiger partial charge in [0.15, 0.2) is 0 Å². The van der Waals surface area contributed by atoms with Crippen molar-refractivity contribution in [3.8, 4) is 0 Å². The molecule has 1 nitrogen and oxygen atoms in total. The van der Waals surface area contributed by atoms with E-state index in [-0.39, 0.29) is 0 Å². The predicted octanol–water partition coefficient (Wildman–Crippen LogP) is 5.28. The van der Waals surface area contributed by atoms with Gasteiger partial charge in [-0.3, -0.25) is 0 Å². The zero-order valence-electron chi connectivity index (χ0n) is 12.3. The Morgan fingerprint density at radius 3 is 2.33 bits per heavy atom. The quantitative estimate of drug-likeness (QED) is 0.609. The number of aromatic nitrogens is 1. The molecule has 0 N–H and O–H groups in total. The van der Waals surface area contributed by atoms with Gasteiger partial charge in [0.2, 0.25) is 0 Å². The molecular formula is C20H19N. The van der Waals surface area contributed by atoms with Gasteiger partial charge >= 0.3 is 0 Å². The van der Waals surface area contributed by atoms with Crippen LogP contribution in [0.25, 0.3) is 23.1 Å². The molecule has 1 heteroatoms. The van der Waals surface area contributed by atoms with Crippen LogP contribution in [0.2, 0.25) is 0 Å². The van der Waals surface area contributed by atoms with Gasteiger partial charge in [0.25, 0.3) is 0 Å². The van der Waals surface area contributed by atoms with Gasteiger partial charge in [0.05, 0.1) is 0 Å². The third-order valence-corrected chi connectivity index (χ3v) is 3.91. The van der Waals surface area contributed by atoms with Crippen molar-refractivity contribution >= 4 is 23.1 Å². The third-order valence-electron chi connectivity index (χ3n) is 3.91. The first kappa shape index (κ1) is 13.4. The van der Waals surface area contributed by atoms with E-state index >= 15 is 0 Å². The first-order chi connectivity index (χ1) is 10.2. The number of fused-ring (bicyclic) bond motifs is 1. The van der Waals surface area contributed by atoms with E-state index in [1.54, 1.807) is 0 Å². The second-order valence-electron chi connectivity index (χ2n) is 5.30. The van der Waals surface area contributed by atoms with Crippen LogP contribution in [0.5, 0.6) is 0 Å². The largest absolute Gasteiger partial charge is 0.336 e. The van der Waals surface area contributed by atoms with Crippen LogP contribution in [-0.2, 0) is 6.54 Å². The zero-order valence-corrected chi connectivity index (χ0v) is 12.3. The van der Waals surface area contributed by atoms with E-state index in [2.05, 4.69) is 73.2 Å². The van der Waals surface area contributed by atoms with E-state index < -0.39 is 0 Å². The number of hydrogen-bond acceptors (Lipinski definition) is 0. The molecule has 0 radical (unpaired) electrons. The Kier molecular flexibility index (Phi) is 3.49. The van der Waals surface area contributed by atoms with Crippen LogP contribution in [0.4, 0.5) is 0 Å². The van der Waals surface area contributed by atoms with Gasteiger partial charge in [-0.15, -0.1) is 0 Å². The Balaban J connectivity index is 2.19. The van der Waals surface area contributed by atoms with Crippen LogP contribution in [-0.4, -0.2) is 4.57 Å². The zero-order chi connectivity index (χ0) is 14.8. The number of nitrogens with zero attached hydrogens (tertiary/aromatic N) is 1. The predicted molar refractivity (Wildman–Crippen MR) is 92.4 cm³/mol. The third kappa shape index (κ3) is 2.31. The summed E-state index contributed by atoms with van der Waals surface area (Å²) in [5.41, 5.74) is 6.09. The minimum absolute atomic E-state index is 0.843. The Morgan fingerprint density at radius 1 is 0.952 bits per heavy atom. The van der Waals surface area contributed by atoms with Crippen LogP contribution in [0, 0.1) is 6.92 Å². The molecule has 3 aromatic rings. The second kappa shape index (κ2) is 5.45. The van der Waals surface area contributed by atoms with E-state index in [1.165, 1.54) is 22.0 Å². The van der Waals surface area contributed by atoms with E-state index in [0.717, 1.165) is 17.8 Å². The van der Waals surface area contributed by atoms with Crippen molar-refractivity contribution in [2.24, 2.45) is 0 Å². The Bertz CT molecular complexity index is 804. The first-order valence-corrected chi connectivity index (χ1v) is 7.16. The summed E-state index contributed by atoms with van der Waals surface area (Å²) in [5, 5.41) is 1.23. The lowest BCUT2D eigenvalue weighted by Gasteiger charge is -2.09. The van der Waals surface area contributed by atoms with Crippen LogP contribution < -0.4 is 0 Å². The molecule has 0 spiro atoms. The fraction of sp³-hybridized carbons (Fsp3) is 0.100. The number of hydrogen-bond donors (Lipinski definition) is 0. The Morgan fingerprint density at radius 2 is 1.67 bits per heavy atom. The summed E-state index contributed by atoms with van der Waals surface area (Å²) in [6.07, 6.45) is 3.84. The van der Waals surface area contributed by atoms with Crippen LogP contribution >= 0.6 is 0 Å². The van der Waals surface area contributed by atoms with E-state index in [9.17, 15) is 0 Å². The molecule has 0 saturated carbocycles. The average molecular weight is 273 g/mol. The molecule has 2 aromatic carbocycles. The smallest absolute Gasteiger partial charge is 0.0494 e. The van der Waals surface area contributed by atoms with Gasteiger partial charge in [0, 0.05) is 28.7 Å². The van der Waals surface area contributed by atoms with Crippen molar-refractivity contribution in [2.45, 2.75) is 13.5 Å². The monoisotopic (exact) mass is 273 g/mol. The lowest BCUT2D eigenvalue weighted by molar-refractivity contribution is 0.827. The van der Waals surface area contributed by atoms with E-state index in [4.69, 9.17) is 0 Å². The maximum absolute atomic E-state index is 3.98. The fourth-order valence-electron chi connectivity index (χ4n) is 2.83. The number of rotatable bonds is 4. The summed E-state index contributed by atoms with van der Waals surface area (Å²) < 4.78 is 2.31. The molecule has 104 valence electrons. The molecular weight excluding hydrogens is 254 g/mol. The summed E-state index contributed by atoms with van der Waals surface area (Å²) in [7, 11) is 0. The van der Waals surface area contributed by atoms with Crippen LogP contribution in [0.3, 0.4) is 0 Å². The molecule has 1 aromatic heterocycles. The molecule has 1 heterocycles. The molecule has 0 aliphatic heterocycles. The molecule has 0 fully saturated rings. The standard InChI is InChI=1S/C20H19N/c1-4-17-18-8-6-7-9-20(18)21(19(17)5-2)14-16-12-10-15(3)11-13-16/h4-13H,1-2,14H2,3H3. The first-order valence-electron chi connectivity index (χ1n) is 7.16. The summed E-state index contributed by atoms with van der Waals surface area (Å²) in [6.45, 7) is 10.9. The number of aryl methyl sites for hydroxylation is 1. The molecule has 0 aliphatic carbocycles. The molecule has 3 rings (SSSR count). The number of para-hydroxylation sites is 1. The van der Waals surface area contributed by atoms with Crippen molar-refractivity contribution in [1.82, 2.24) is 4.57 Å². The fourth-order valence-corrected chi connectivity index (χ4v) is 2.83. The van der Waals surface area contributed by atoms with Gasteiger partial charge in [-0.25, -0.2) is 0 Å². The molecule has 0 bridgehead atoms. The maximum Gasteiger partial charge on any atom is 0.0494 e. The highest BCUT2D eigenvalue weighted by Crippen LogP contribution is 2.28. The van der Waals surface area contributed by atoms with Crippen molar-refractivity contribution in [1.29, 1.82) is 0 Å².